The highest BCUT2D eigenvalue weighted by atomic mass is 16.6. The van der Waals surface area contributed by atoms with Crippen LogP contribution in [0.25, 0.3) is 21.9 Å². The highest BCUT2D eigenvalue weighted by Gasteiger charge is 2.28. The van der Waals surface area contributed by atoms with Crippen molar-refractivity contribution in [1.82, 2.24) is 10.3 Å². The molecule has 0 saturated heterocycles. The molecule has 0 aliphatic carbocycles. The molecule has 0 bridgehead atoms. The third-order valence-corrected chi connectivity index (χ3v) is 6.00. The topological polar surface area (TPSA) is 111 Å². The predicted octanol–water partition coefficient (Wildman–Crippen LogP) is 5.58. The Kier molecular flexibility index (Phi) is 7.38. The molecule has 0 fully saturated rings. The van der Waals surface area contributed by atoms with Crippen molar-refractivity contribution < 1.29 is 23.5 Å². The predicted molar refractivity (Wildman–Crippen MR) is 142 cm³/mol. The molecule has 2 heterocycles. The van der Waals surface area contributed by atoms with Gasteiger partial charge in [-0.1, -0.05) is 31.5 Å². The summed E-state index contributed by atoms with van der Waals surface area (Å²) in [6.45, 7) is 9.02. The molecule has 194 valence electrons. The minimum atomic E-state index is -1.03. The van der Waals surface area contributed by atoms with Gasteiger partial charge in [-0.2, -0.15) is 0 Å². The van der Waals surface area contributed by atoms with Gasteiger partial charge in [-0.15, -0.1) is 0 Å². The van der Waals surface area contributed by atoms with Gasteiger partial charge in [0, 0.05) is 40.5 Å². The van der Waals surface area contributed by atoms with Crippen LogP contribution < -0.4 is 15.7 Å². The van der Waals surface area contributed by atoms with E-state index in [4.69, 9.17) is 13.9 Å². The van der Waals surface area contributed by atoms with E-state index in [1.54, 1.807) is 39.8 Å². The SMILES string of the molecule is CCCc1cc(=O)oc2c(C)c(OC(=O)C(Cc3c[nH]c4ccccc34)NC(=O)OC(C)(C)C)ccc12. The van der Waals surface area contributed by atoms with E-state index < -0.39 is 29.3 Å². The maximum Gasteiger partial charge on any atom is 0.408 e. The van der Waals surface area contributed by atoms with Gasteiger partial charge in [0.2, 0.25) is 0 Å². The molecular formula is C29H32N2O6. The number of aryl methyl sites for hydroxylation is 2. The van der Waals surface area contributed by atoms with Crippen LogP contribution in [0.3, 0.4) is 0 Å². The summed E-state index contributed by atoms with van der Waals surface area (Å²) in [7, 11) is 0. The number of rotatable bonds is 7. The van der Waals surface area contributed by atoms with E-state index >= 15 is 0 Å². The Morgan fingerprint density at radius 3 is 2.57 bits per heavy atom. The molecular weight excluding hydrogens is 472 g/mol. The monoisotopic (exact) mass is 504 g/mol. The molecule has 2 aromatic carbocycles. The van der Waals surface area contributed by atoms with Gasteiger partial charge in [-0.25, -0.2) is 14.4 Å². The van der Waals surface area contributed by atoms with Crippen LogP contribution in [0, 0.1) is 6.92 Å². The molecule has 0 radical (unpaired) electrons. The lowest BCUT2D eigenvalue weighted by molar-refractivity contribution is -0.136. The molecule has 8 heteroatoms. The molecule has 1 amide bonds. The summed E-state index contributed by atoms with van der Waals surface area (Å²) in [5.41, 5.74) is 2.38. The van der Waals surface area contributed by atoms with E-state index in [1.807, 2.05) is 37.4 Å². The first-order valence-corrected chi connectivity index (χ1v) is 12.4. The standard InChI is InChI=1S/C29H32N2O6/c1-6-9-18-15-25(32)36-26-17(2)24(13-12-21(18)26)35-27(33)23(31-28(34)37-29(3,4)5)14-19-16-30-22-11-8-7-10-20(19)22/h7-8,10-13,15-16,23,30H,6,9,14H2,1-5H3,(H,31,34). The van der Waals surface area contributed by atoms with Crippen LogP contribution in [-0.4, -0.2) is 28.7 Å². The van der Waals surface area contributed by atoms with Crippen LogP contribution in [0.2, 0.25) is 0 Å². The Balaban J connectivity index is 1.65. The van der Waals surface area contributed by atoms with Gasteiger partial charge in [0.25, 0.3) is 0 Å². The first-order chi connectivity index (χ1) is 17.6. The quantitative estimate of drug-likeness (QED) is 0.193. The van der Waals surface area contributed by atoms with Crippen molar-refractivity contribution >= 4 is 33.9 Å². The number of H-pyrrole nitrogens is 1. The lowest BCUT2D eigenvalue weighted by atomic mass is 10.0. The van der Waals surface area contributed by atoms with Crippen LogP contribution in [0.15, 0.2) is 57.9 Å². The Morgan fingerprint density at radius 2 is 1.84 bits per heavy atom. The van der Waals surface area contributed by atoms with Crippen molar-refractivity contribution in [2.24, 2.45) is 0 Å². The minimum absolute atomic E-state index is 0.185. The number of esters is 1. The van der Waals surface area contributed by atoms with Gasteiger partial charge in [0.1, 0.15) is 23.0 Å². The fraction of sp³-hybridized carbons (Fsp3) is 0.345. The zero-order chi connectivity index (χ0) is 26.7. The number of benzene rings is 2. The zero-order valence-corrected chi connectivity index (χ0v) is 21.8. The van der Waals surface area contributed by atoms with Gasteiger partial charge in [0.15, 0.2) is 0 Å². The van der Waals surface area contributed by atoms with Gasteiger partial charge < -0.3 is 24.2 Å². The van der Waals surface area contributed by atoms with Crippen molar-refractivity contribution in [2.45, 2.75) is 65.5 Å². The molecule has 4 aromatic rings. The number of para-hydroxylation sites is 1. The van der Waals surface area contributed by atoms with Crippen LogP contribution in [0.4, 0.5) is 4.79 Å². The second-order valence-corrected chi connectivity index (χ2v) is 10.1. The lowest BCUT2D eigenvalue weighted by Gasteiger charge is -2.23. The number of fused-ring (bicyclic) bond motifs is 2. The largest absolute Gasteiger partial charge is 0.444 e. The van der Waals surface area contributed by atoms with Crippen LogP contribution in [-0.2, 0) is 22.4 Å². The zero-order valence-electron chi connectivity index (χ0n) is 21.8. The van der Waals surface area contributed by atoms with Gasteiger partial charge in [-0.05, 0) is 63.4 Å². The highest BCUT2D eigenvalue weighted by Crippen LogP contribution is 2.29. The number of nitrogens with one attached hydrogen (secondary N) is 2. The molecule has 0 aliphatic rings. The molecule has 1 atom stereocenters. The summed E-state index contributed by atoms with van der Waals surface area (Å²) in [5, 5.41) is 4.41. The number of ether oxygens (including phenoxy) is 2. The molecule has 8 nitrogen and oxygen atoms in total. The van der Waals surface area contributed by atoms with Crippen molar-refractivity contribution in [2.75, 3.05) is 0 Å². The maximum absolute atomic E-state index is 13.4. The van der Waals surface area contributed by atoms with Gasteiger partial charge in [0.05, 0.1) is 0 Å². The third kappa shape index (κ3) is 6.02. The van der Waals surface area contributed by atoms with E-state index in [0.29, 0.717) is 11.1 Å². The van der Waals surface area contributed by atoms with E-state index in [1.165, 1.54) is 6.07 Å². The first kappa shape index (κ1) is 26.0. The summed E-state index contributed by atoms with van der Waals surface area (Å²) in [6.07, 6.45) is 2.88. The normalized spacial score (nSPS) is 12.5. The smallest absolute Gasteiger partial charge is 0.408 e. The number of hydrogen-bond donors (Lipinski definition) is 2. The molecule has 4 rings (SSSR count). The van der Waals surface area contributed by atoms with Crippen LogP contribution in [0.1, 0.15) is 50.8 Å². The Morgan fingerprint density at radius 1 is 1.08 bits per heavy atom. The molecule has 2 N–H and O–H groups in total. The fourth-order valence-corrected chi connectivity index (χ4v) is 4.34. The third-order valence-electron chi connectivity index (χ3n) is 6.00. The summed E-state index contributed by atoms with van der Waals surface area (Å²) < 4.78 is 16.6. The van der Waals surface area contributed by atoms with E-state index in [0.717, 1.165) is 40.3 Å². The first-order valence-electron chi connectivity index (χ1n) is 12.4. The van der Waals surface area contributed by atoms with Crippen molar-refractivity contribution in [3.8, 4) is 5.75 Å². The Labute approximate surface area is 215 Å². The average molecular weight is 505 g/mol. The summed E-state index contributed by atoms with van der Waals surface area (Å²) in [6, 6.07) is 11.7. The molecule has 37 heavy (non-hydrogen) atoms. The van der Waals surface area contributed by atoms with Crippen molar-refractivity contribution in [1.29, 1.82) is 0 Å². The highest BCUT2D eigenvalue weighted by molar-refractivity contribution is 5.89. The van der Waals surface area contributed by atoms with E-state index in [2.05, 4.69) is 10.3 Å². The molecule has 2 aromatic heterocycles. The molecule has 0 aliphatic heterocycles. The number of carbonyl (C=O) groups is 2. The minimum Gasteiger partial charge on any atom is -0.444 e. The van der Waals surface area contributed by atoms with Crippen LogP contribution in [0.5, 0.6) is 5.75 Å². The Bertz CT molecular complexity index is 1510. The van der Waals surface area contributed by atoms with E-state index in [-0.39, 0.29) is 12.2 Å². The van der Waals surface area contributed by atoms with Crippen molar-refractivity contribution in [3.05, 3.63) is 75.8 Å². The fourth-order valence-electron chi connectivity index (χ4n) is 4.34. The van der Waals surface area contributed by atoms with E-state index in [9.17, 15) is 14.4 Å². The Hall–Kier alpha value is -4.07. The lowest BCUT2D eigenvalue weighted by Crippen LogP contribution is -2.46. The number of carbonyl (C=O) groups excluding carboxylic acids is 2. The summed E-state index contributed by atoms with van der Waals surface area (Å²) in [4.78, 5) is 41.3. The van der Waals surface area contributed by atoms with Crippen LogP contribution >= 0.6 is 0 Å². The second-order valence-electron chi connectivity index (χ2n) is 10.1. The number of aromatic nitrogens is 1. The number of aromatic amines is 1. The molecule has 1 unspecified atom stereocenters. The number of amides is 1. The average Bonchev–Trinajstić information content (AvgIpc) is 3.22. The maximum atomic E-state index is 13.4. The second kappa shape index (κ2) is 10.5. The van der Waals surface area contributed by atoms with Gasteiger partial charge >= 0.3 is 17.7 Å². The summed E-state index contributed by atoms with van der Waals surface area (Å²) in [5.74, 6) is -0.408. The summed E-state index contributed by atoms with van der Waals surface area (Å²) >= 11 is 0. The molecule has 0 spiro atoms. The number of hydrogen-bond acceptors (Lipinski definition) is 6. The number of alkyl carbamates (subject to hydrolysis) is 1. The van der Waals surface area contributed by atoms with Gasteiger partial charge in [-0.3, -0.25) is 0 Å². The van der Waals surface area contributed by atoms with Crippen molar-refractivity contribution in [3.63, 3.8) is 0 Å². The molecule has 0 saturated carbocycles.